The molecule has 0 bridgehead atoms. The van der Waals surface area contributed by atoms with Gasteiger partial charge in [-0.15, -0.1) is 5.10 Å². The zero-order chi connectivity index (χ0) is 21.3. The van der Waals surface area contributed by atoms with Crippen molar-refractivity contribution in [3.8, 4) is 11.5 Å². The Morgan fingerprint density at radius 3 is 2.38 bits per heavy atom. The van der Waals surface area contributed by atoms with Gasteiger partial charge in [0.15, 0.2) is 0 Å². The highest BCUT2D eigenvalue weighted by molar-refractivity contribution is 5.52. The van der Waals surface area contributed by atoms with Crippen molar-refractivity contribution in [3.05, 3.63) is 48.1 Å². The molecule has 2 N–H and O–H groups in total. The second kappa shape index (κ2) is 7.94. The van der Waals surface area contributed by atoms with Crippen molar-refractivity contribution >= 4 is 12.0 Å². The maximum Gasteiger partial charge on any atom is 0.318 e. The summed E-state index contributed by atoms with van der Waals surface area (Å²) < 4.78 is 5.90. The monoisotopic (exact) mass is 431 g/mol. The molecule has 1 fully saturated rings. The standard InChI is InChI=1S/C20H21N11O/c1-5-31(6-2-12(1)17-11-25-30-27-17)20-29-28-18(32-20)13-9-23-19(24-10-13)26-14-7-15-16(8-14)22-4-3-21-15/h3-4,9-12,14H,1-2,5-8H2,(H,23,24,26)(H,25,27,30). The Hall–Kier alpha value is -3.96. The van der Waals surface area contributed by atoms with Gasteiger partial charge in [0, 0.05) is 62.7 Å². The van der Waals surface area contributed by atoms with Crippen molar-refractivity contribution in [3.63, 3.8) is 0 Å². The van der Waals surface area contributed by atoms with Crippen LogP contribution in [0.3, 0.4) is 0 Å². The third-order valence-electron chi connectivity index (χ3n) is 6.00. The number of aromatic nitrogens is 9. The number of nitrogens with one attached hydrogen (secondary N) is 2. The van der Waals surface area contributed by atoms with Crippen molar-refractivity contribution in [1.82, 2.24) is 45.5 Å². The van der Waals surface area contributed by atoms with Gasteiger partial charge in [0.25, 0.3) is 5.89 Å². The summed E-state index contributed by atoms with van der Waals surface area (Å²) in [6.45, 7) is 1.65. The summed E-state index contributed by atoms with van der Waals surface area (Å²) in [7, 11) is 0. The van der Waals surface area contributed by atoms with Gasteiger partial charge < -0.3 is 14.6 Å². The average molecular weight is 431 g/mol. The largest absolute Gasteiger partial charge is 0.403 e. The molecule has 1 aliphatic carbocycles. The molecule has 4 aromatic rings. The SMILES string of the molecule is c1cnc2c(n1)CC(Nc1ncc(-c3nnc(N4CCC(c5cn[nH]n5)CC4)o3)cn1)C2. The van der Waals surface area contributed by atoms with Crippen LogP contribution in [0.1, 0.15) is 35.8 Å². The smallest absolute Gasteiger partial charge is 0.318 e. The van der Waals surface area contributed by atoms with Crippen molar-refractivity contribution in [2.45, 2.75) is 37.6 Å². The van der Waals surface area contributed by atoms with Gasteiger partial charge in [-0.25, -0.2) is 9.97 Å². The Kier molecular flexibility index (Phi) is 4.66. The summed E-state index contributed by atoms with van der Waals surface area (Å²) in [6, 6.07) is 0.706. The van der Waals surface area contributed by atoms with Crippen LogP contribution in [0.25, 0.3) is 11.5 Å². The Bertz CT molecular complexity index is 1160. The Labute approximate surface area is 182 Å². The minimum atomic E-state index is 0.188. The second-order valence-electron chi connectivity index (χ2n) is 8.04. The quantitative estimate of drug-likeness (QED) is 0.472. The zero-order valence-electron chi connectivity index (χ0n) is 17.2. The van der Waals surface area contributed by atoms with Gasteiger partial charge in [0.2, 0.25) is 5.95 Å². The van der Waals surface area contributed by atoms with E-state index >= 15 is 0 Å². The second-order valence-corrected chi connectivity index (χ2v) is 8.04. The van der Waals surface area contributed by atoms with Crippen LogP contribution in [0.4, 0.5) is 12.0 Å². The Morgan fingerprint density at radius 1 is 0.938 bits per heavy atom. The van der Waals surface area contributed by atoms with E-state index in [4.69, 9.17) is 4.42 Å². The average Bonchev–Trinajstić information content (AvgIpc) is 3.60. The fraction of sp³-hybridized carbons (Fsp3) is 0.400. The van der Waals surface area contributed by atoms with Crippen LogP contribution in [-0.2, 0) is 12.8 Å². The molecule has 2 aliphatic rings. The molecule has 6 rings (SSSR count). The fourth-order valence-electron chi connectivity index (χ4n) is 4.31. The fourth-order valence-corrected chi connectivity index (χ4v) is 4.31. The lowest BCUT2D eigenvalue weighted by Gasteiger charge is -2.29. The highest BCUT2D eigenvalue weighted by Crippen LogP contribution is 2.29. The summed E-state index contributed by atoms with van der Waals surface area (Å²) in [5, 5.41) is 22.5. The lowest BCUT2D eigenvalue weighted by atomic mass is 9.94. The number of fused-ring (bicyclic) bond motifs is 1. The van der Waals surface area contributed by atoms with Crippen LogP contribution in [0, 0.1) is 0 Å². The number of piperidine rings is 1. The predicted octanol–water partition coefficient (Wildman–Crippen LogP) is 1.40. The van der Waals surface area contributed by atoms with E-state index in [1.165, 1.54) is 0 Å². The number of rotatable bonds is 5. The number of aromatic amines is 1. The van der Waals surface area contributed by atoms with Gasteiger partial charge in [-0.2, -0.15) is 15.4 Å². The van der Waals surface area contributed by atoms with Crippen molar-refractivity contribution in [1.29, 1.82) is 0 Å². The van der Waals surface area contributed by atoms with E-state index in [1.807, 2.05) is 0 Å². The van der Waals surface area contributed by atoms with Gasteiger partial charge in [-0.05, 0) is 12.8 Å². The maximum absolute atomic E-state index is 5.90. The molecule has 162 valence electrons. The Balaban J connectivity index is 1.08. The number of hydrogen-bond acceptors (Lipinski definition) is 11. The molecule has 4 aromatic heterocycles. The molecule has 0 radical (unpaired) electrons. The zero-order valence-corrected chi connectivity index (χ0v) is 17.2. The summed E-state index contributed by atoms with van der Waals surface area (Å²) in [5.41, 5.74) is 3.76. The van der Waals surface area contributed by atoms with Crippen molar-refractivity contribution < 1.29 is 4.42 Å². The van der Waals surface area contributed by atoms with Crippen molar-refractivity contribution in [2.75, 3.05) is 23.3 Å². The number of anilines is 2. The molecule has 0 aromatic carbocycles. The number of H-pyrrole nitrogens is 1. The van der Waals surface area contributed by atoms with Crippen LogP contribution < -0.4 is 10.2 Å². The van der Waals surface area contributed by atoms with Crippen LogP contribution in [0.15, 0.2) is 35.4 Å². The third-order valence-corrected chi connectivity index (χ3v) is 6.00. The Morgan fingerprint density at radius 2 is 1.69 bits per heavy atom. The molecular formula is C20H21N11O. The van der Waals surface area contributed by atoms with Gasteiger partial charge in [-0.1, -0.05) is 5.10 Å². The number of hydrogen-bond donors (Lipinski definition) is 2. The van der Waals surface area contributed by atoms with E-state index in [2.05, 4.69) is 55.8 Å². The summed E-state index contributed by atoms with van der Waals surface area (Å²) in [5.74, 6) is 1.37. The first-order valence-corrected chi connectivity index (χ1v) is 10.6. The molecule has 0 spiro atoms. The van der Waals surface area contributed by atoms with Crippen LogP contribution in [-0.4, -0.2) is 64.7 Å². The van der Waals surface area contributed by atoms with Crippen LogP contribution in [0.2, 0.25) is 0 Å². The van der Waals surface area contributed by atoms with E-state index in [9.17, 15) is 0 Å². The van der Waals surface area contributed by atoms with E-state index in [1.54, 1.807) is 31.0 Å². The molecule has 0 saturated carbocycles. The van der Waals surface area contributed by atoms with Gasteiger partial charge in [-0.3, -0.25) is 9.97 Å². The van der Waals surface area contributed by atoms with Crippen LogP contribution in [0.5, 0.6) is 0 Å². The highest BCUT2D eigenvalue weighted by atomic mass is 16.4. The highest BCUT2D eigenvalue weighted by Gasteiger charge is 2.26. The topological polar surface area (TPSA) is 147 Å². The molecule has 5 heterocycles. The van der Waals surface area contributed by atoms with Gasteiger partial charge in [0.05, 0.1) is 28.8 Å². The molecular weight excluding hydrogens is 410 g/mol. The predicted molar refractivity (Wildman–Crippen MR) is 113 cm³/mol. The van der Waals surface area contributed by atoms with Crippen LogP contribution >= 0.6 is 0 Å². The molecule has 0 unspecified atom stereocenters. The minimum Gasteiger partial charge on any atom is -0.403 e. The molecule has 12 heteroatoms. The minimum absolute atomic E-state index is 0.188. The first-order valence-electron chi connectivity index (χ1n) is 10.6. The maximum atomic E-state index is 5.90. The van der Waals surface area contributed by atoms with E-state index in [0.29, 0.717) is 29.3 Å². The van der Waals surface area contributed by atoms with Gasteiger partial charge >= 0.3 is 6.01 Å². The first-order chi connectivity index (χ1) is 15.8. The summed E-state index contributed by atoms with van der Waals surface area (Å²) in [4.78, 5) is 19.7. The van der Waals surface area contributed by atoms with E-state index in [0.717, 1.165) is 55.9 Å². The lowest BCUT2D eigenvalue weighted by Crippen LogP contribution is -2.33. The summed E-state index contributed by atoms with van der Waals surface area (Å²) in [6.07, 6.45) is 12.2. The molecule has 0 atom stereocenters. The van der Waals surface area contributed by atoms with Crippen molar-refractivity contribution in [2.24, 2.45) is 0 Å². The van der Waals surface area contributed by atoms with Gasteiger partial charge in [0.1, 0.15) is 0 Å². The first kappa shape index (κ1) is 18.8. The number of nitrogens with zero attached hydrogens (tertiary/aromatic N) is 9. The van der Waals surface area contributed by atoms with E-state index in [-0.39, 0.29) is 6.04 Å². The summed E-state index contributed by atoms with van der Waals surface area (Å²) >= 11 is 0. The molecule has 1 saturated heterocycles. The molecule has 0 amide bonds. The molecule has 32 heavy (non-hydrogen) atoms. The third kappa shape index (κ3) is 3.63. The molecule has 12 nitrogen and oxygen atoms in total. The van der Waals surface area contributed by atoms with E-state index < -0.39 is 0 Å². The molecule has 1 aliphatic heterocycles. The lowest BCUT2D eigenvalue weighted by molar-refractivity contribution is 0.456. The normalized spacial score (nSPS) is 16.9.